The Morgan fingerprint density at radius 1 is 1.33 bits per heavy atom. The van der Waals surface area contributed by atoms with E-state index in [0.29, 0.717) is 29.7 Å². The minimum Gasteiger partial charge on any atom is -0.357 e. The van der Waals surface area contributed by atoms with Crippen molar-refractivity contribution >= 4 is 41.5 Å². The molecule has 30 heavy (non-hydrogen) atoms. The predicted molar refractivity (Wildman–Crippen MR) is 125 cm³/mol. The summed E-state index contributed by atoms with van der Waals surface area (Å²) in [6, 6.07) is 7.61. The molecule has 2 N–H and O–H groups in total. The summed E-state index contributed by atoms with van der Waals surface area (Å²) in [5.41, 5.74) is 0.868. The molecule has 160 valence electrons. The van der Waals surface area contributed by atoms with Gasteiger partial charge in [0.05, 0.1) is 13.1 Å². The molecular formula is C19H24ClIN8O. The molecule has 0 aliphatic carbocycles. The highest BCUT2D eigenvalue weighted by molar-refractivity contribution is 14.0. The number of rotatable bonds is 6. The summed E-state index contributed by atoms with van der Waals surface area (Å²) >= 11 is 5.92. The van der Waals surface area contributed by atoms with Crippen LogP contribution in [0.1, 0.15) is 25.1 Å². The maximum Gasteiger partial charge on any atom is 0.228 e. The SMILES string of the molecule is CCNC(=NCCc1nc(-c2ccc(Cl)cc2)no1)NC1CCc2ncnn2C1.I. The highest BCUT2D eigenvalue weighted by atomic mass is 127. The molecule has 1 aromatic carbocycles. The van der Waals surface area contributed by atoms with Crippen LogP contribution in [-0.2, 0) is 19.4 Å². The van der Waals surface area contributed by atoms with Crippen LogP contribution in [0, 0.1) is 0 Å². The fourth-order valence-electron chi connectivity index (χ4n) is 3.20. The summed E-state index contributed by atoms with van der Waals surface area (Å²) in [6.07, 6.45) is 4.08. The lowest BCUT2D eigenvalue weighted by Crippen LogP contribution is -2.47. The van der Waals surface area contributed by atoms with Crippen LogP contribution < -0.4 is 10.6 Å². The van der Waals surface area contributed by atoms with E-state index in [0.717, 1.165) is 43.3 Å². The van der Waals surface area contributed by atoms with E-state index in [-0.39, 0.29) is 30.0 Å². The number of guanidine groups is 1. The van der Waals surface area contributed by atoms with Crippen molar-refractivity contribution in [3.63, 3.8) is 0 Å². The largest absolute Gasteiger partial charge is 0.357 e. The molecule has 0 radical (unpaired) electrons. The summed E-state index contributed by atoms with van der Waals surface area (Å²) in [5, 5.41) is 15.7. The molecule has 3 aromatic rings. The second-order valence-corrected chi connectivity index (χ2v) is 7.20. The molecule has 0 bridgehead atoms. The average Bonchev–Trinajstić information content (AvgIpc) is 3.38. The summed E-state index contributed by atoms with van der Waals surface area (Å²) in [4.78, 5) is 13.3. The van der Waals surface area contributed by atoms with Gasteiger partial charge in [-0.3, -0.25) is 4.99 Å². The molecule has 1 unspecified atom stereocenters. The number of halogens is 2. The van der Waals surface area contributed by atoms with Crippen LogP contribution in [0.2, 0.25) is 5.02 Å². The Labute approximate surface area is 196 Å². The molecule has 2 aromatic heterocycles. The fraction of sp³-hybridized carbons (Fsp3) is 0.421. The normalized spacial score (nSPS) is 15.9. The number of aliphatic imine (C=N–C) groups is 1. The number of aryl methyl sites for hydroxylation is 1. The van der Waals surface area contributed by atoms with E-state index in [2.05, 4.69) is 35.8 Å². The van der Waals surface area contributed by atoms with Crippen molar-refractivity contribution < 1.29 is 4.52 Å². The zero-order valence-electron chi connectivity index (χ0n) is 16.6. The van der Waals surface area contributed by atoms with Gasteiger partial charge in [-0.2, -0.15) is 10.1 Å². The molecule has 0 saturated carbocycles. The van der Waals surface area contributed by atoms with Gasteiger partial charge in [0.25, 0.3) is 0 Å². The number of aromatic nitrogens is 5. The van der Waals surface area contributed by atoms with E-state index in [1.54, 1.807) is 18.5 Å². The van der Waals surface area contributed by atoms with Gasteiger partial charge in [0.1, 0.15) is 12.2 Å². The van der Waals surface area contributed by atoms with Gasteiger partial charge >= 0.3 is 0 Å². The van der Waals surface area contributed by atoms with Gasteiger partial charge in [-0.05, 0) is 37.6 Å². The zero-order valence-corrected chi connectivity index (χ0v) is 19.7. The molecule has 0 fully saturated rings. The third-order valence-corrected chi connectivity index (χ3v) is 4.91. The van der Waals surface area contributed by atoms with E-state index in [9.17, 15) is 0 Å². The van der Waals surface area contributed by atoms with Gasteiger partial charge in [-0.1, -0.05) is 16.8 Å². The van der Waals surface area contributed by atoms with E-state index >= 15 is 0 Å². The molecule has 1 aliphatic rings. The van der Waals surface area contributed by atoms with E-state index in [1.165, 1.54) is 0 Å². The minimum atomic E-state index is 0. The molecule has 0 amide bonds. The van der Waals surface area contributed by atoms with Gasteiger partial charge in [0.2, 0.25) is 11.7 Å². The summed E-state index contributed by atoms with van der Waals surface area (Å²) in [7, 11) is 0. The van der Waals surface area contributed by atoms with Gasteiger partial charge in [0, 0.05) is 36.0 Å². The molecule has 0 spiro atoms. The standard InChI is InChI=1S/C19H23ClN8O.HI/c1-2-21-19(25-15-7-8-16-23-12-24-28(16)11-15)22-10-9-17-26-18(27-29-17)13-3-5-14(20)6-4-13;/h3-6,12,15H,2,7-11H2,1H3,(H2,21,22,25);1H. The first-order valence-corrected chi connectivity index (χ1v) is 10.1. The third-order valence-electron chi connectivity index (χ3n) is 4.66. The molecule has 0 saturated heterocycles. The first-order chi connectivity index (χ1) is 14.2. The van der Waals surface area contributed by atoms with Crippen molar-refractivity contribution in [2.75, 3.05) is 13.1 Å². The van der Waals surface area contributed by atoms with E-state index < -0.39 is 0 Å². The van der Waals surface area contributed by atoms with Gasteiger partial charge < -0.3 is 15.2 Å². The molecule has 9 nitrogen and oxygen atoms in total. The van der Waals surface area contributed by atoms with Crippen LogP contribution in [0.5, 0.6) is 0 Å². The minimum absolute atomic E-state index is 0. The maximum absolute atomic E-state index is 5.92. The summed E-state index contributed by atoms with van der Waals surface area (Å²) in [6.45, 7) is 4.16. The first kappa shape index (κ1) is 22.5. The van der Waals surface area contributed by atoms with Crippen molar-refractivity contribution in [1.82, 2.24) is 35.5 Å². The molecule has 4 rings (SSSR count). The average molecular weight is 543 g/mol. The van der Waals surface area contributed by atoms with Crippen LogP contribution >= 0.6 is 35.6 Å². The van der Waals surface area contributed by atoms with Crippen LogP contribution in [0.25, 0.3) is 11.4 Å². The van der Waals surface area contributed by atoms with Crippen LogP contribution in [-0.4, -0.2) is 50.0 Å². The number of nitrogens with one attached hydrogen (secondary N) is 2. The van der Waals surface area contributed by atoms with Crippen molar-refractivity contribution in [2.45, 2.75) is 38.8 Å². The first-order valence-electron chi connectivity index (χ1n) is 9.71. The lowest BCUT2D eigenvalue weighted by Gasteiger charge is -2.25. The van der Waals surface area contributed by atoms with Crippen LogP contribution in [0.3, 0.4) is 0 Å². The van der Waals surface area contributed by atoms with E-state index in [4.69, 9.17) is 16.1 Å². The Balaban J connectivity index is 0.00000256. The number of hydrogen-bond acceptors (Lipinski definition) is 6. The third kappa shape index (κ3) is 5.69. The molecule has 1 atom stereocenters. The second-order valence-electron chi connectivity index (χ2n) is 6.77. The number of nitrogens with zero attached hydrogens (tertiary/aromatic N) is 6. The molecule has 3 heterocycles. The monoisotopic (exact) mass is 542 g/mol. The molecule has 11 heteroatoms. The highest BCUT2D eigenvalue weighted by Gasteiger charge is 2.20. The quantitative estimate of drug-likeness (QED) is 0.280. The topological polar surface area (TPSA) is 106 Å². The lowest BCUT2D eigenvalue weighted by atomic mass is 10.1. The van der Waals surface area contributed by atoms with Crippen molar-refractivity contribution in [1.29, 1.82) is 0 Å². The lowest BCUT2D eigenvalue weighted by molar-refractivity contribution is 0.379. The van der Waals surface area contributed by atoms with Crippen LogP contribution in [0.4, 0.5) is 0 Å². The number of benzene rings is 1. The Hall–Kier alpha value is -2.21. The Kier molecular flexibility index (Phi) is 8.02. The molecule has 1 aliphatic heterocycles. The zero-order chi connectivity index (χ0) is 20.1. The highest BCUT2D eigenvalue weighted by Crippen LogP contribution is 2.18. The van der Waals surface area contributed by atoms with E-state index in [1.807, 2.05) is 23.7 Å². The predicted octanol–water partition coefficient (Wildman–Crippen LogP) is 2.71. The Morgan fingerprint density at radius 3 is 2.97 bits per heavy atom. The van der Waals surface area contributed by atoms with Gasteiger partial charge in [0.15, 0.2) is 5.96 Å². The van der Waals surface area contributed by atoms with Gasteiger partial charge in [-0.15, -0.1) is 24.0 Å². The second kappa shape index (κ2) is 10.7. The van der Waals surface area contributed by atoms with Crippen LogP contribution in [0.15, 0.2) is 40.1 Å². The van der Waals surface area contributed by atoms with Gasteiger partial charge in [-0.25, -0.2) is 9.67 Å². The summed E-state index contributed by atoms with van der Waals surface area (Å²) in [5.74, 6) is 2.92. The van der Waals surface area contributed by atoms with Crippen molar-refractivity contribution in [2.24, 2.45) is 4.99 Å². The van der Waals surface area contributed by atoms with Crippen molar-refractivity contribution in [3.05, 3.63) is 47.3 Å². The number of hydrogen-bond donors (Lipinski definition) is 2. The van der Waals surface area contributed by atoms with Crippen molar-refractivity contribution in [3.8, 4) is 11.4 Å². The fourth-order valence-corrected chi connectivity index (χ4v) is 3.33. The Bertz CT molecular complexity index is 971. The maximum atomic E-state index is 5.92. The summed E-state index contributed by atoms with van der Waals surface area (Å²) < 4.78 is 7.29. The molecular weight excluding hydrogens is 519 g/mol. The number of fused-ring (bicyclic) bond motifs is 1. The Morgan fingerprint density at radius 2 is 2.17 bits per heavy atom. The smallest absolute Gasteiger partial charge is 0.228 e.